The molecule has 2 aromatic carbocycles. The minimum atomic E-state index is -0.192. The van der Waals surface area contributed by atoms with Crippen molar-refractivity contribution in [3.63, 3.8) is 0 Å². The molecule has 0 aromatic heterocycles. The van der Waals surface area contributed by atoms with Gasteiger partial charge in [-0.2, -0.15) is 5.06 Å². The molecule has 0 atom stereocenters. The highest BCUT2D eigenvalue weighted by molar-refractivity contribution is 6.23. The first-order valence-corrected chi connectivity index (χ1v) is 15.4. The van der Waals surface area contributed by atoms with E-state index in [0.29, 0.717) is 30.2 Å². The highest BCUT2D eigenvalue weighted by atomic mass is 16.5. The Balaban J connectivity index is 0.000000777. The summed E-state index contributed by atoms with van der Waals surface area (Å²) in [5, 5.41) is 53.3. The van der Waals surface area contributed by atoms with E-state index in [-0.39, 0.29) is 50.4 Å². The minimum Gasteiger partial charge on any atom is -0.397 e. The highest BCUT2D eigenvalue weighted by Gasteiger charge is 2.17. The molecular formula is C32H51N7O6+2. The summed E-state index contributed by atoms with van der Waals surface area (Å²) in [6.45, 7) is 6.70. The Morgan fingerprint density at radius 2 is 1.27 bits per heavy atom. The molecule has 0 fully saturated rings. The van der Waals surface area contributed by atoms with Crippen molar-refractivity contribution in [2.45, 2.75) is 19.8 Å². The average molecular weight is 630 g/mol. The summed E-state index contributed by atoms with van der Waals surface area (Å²) in [7, 11) is 0. The van der Waals surface area contributed by atoms with Gasteiger partial charge in [0.2, 0.25) is 5.78 Å². The molecule has 1 aliphatic rings. The molecule has 13 nitrogen and oxygen atoms in total. The lowest BCUT2D eigenvalue weighted by Gasteiger charge is -2.17. The normalized spacial score (nSPS) is 13.8. The molecule has 3 rings (SSSR count). The number of ketones is 1. The van der Waals surface area contributed by atoms with Crippen LogP contribution in [0.1, 0.15) is 19.8 Å². The van der Waals surface area contributed by atoms with Crippen molar-refractivity contribution < 1.29 is 40.4 Å². The van der Waals surface area contributed by atoms with Crippen LogP contribution in [-0.2, 0) is 4.79 Å². The zero-order valence-electron chi connectivity index (χ0n) is 26.1. The Morgan fingerprint density at radius 3 is 1.82 bits per heavy atom. The Labute approximate surface area is 265 Å². The van der Waals surface area contributed by atoms with Crippen molar-refractivity contribution in [1.82, 2.24) is 0 Å². The molecule has 0 saturated heterocycles. The van der Waals surface area contributed by atoms with E-state index in [2.05, 4.69) is 27.9 Å². The van der Waals surface area contributed by atoms with Crippen LogP contribution in [0.4, 0.5) is 22.7 Å². The number of rotatable bonds is 19. The first-order chi connectivity index (χ1) is 21.8. The number of benzene rings is 2. The second-order valence-electron chi connectivity index (χ2n) is 10.4. The third-order valence-corrected chi connectivity index (χ3v) is 6.76. The predicted molar refractivity (Wildman–Crippen MR) is 177 cm³/mol. The summed E-state index contributed by atoms with van der Waals surface area (Å²) in [5.74, 6) is -0.192. The molecule has 0 saturated carbocycles. The number of aliphatic imine (C=N–C) groups is 1. The number of hydrogen-bond donors (Lipinski definition) is 11. The van der Waals surface area contributed by atoms with E-state index >= 15 is 0 Å². The number of anilines is 3. The third-order valence-electron chi connectivity index (χ3n) is 6.76. The van der Waals surface area contributed by atoms with Crippen molar-refractivity contribution in [2.24, 2.45) is 10.7 Å². The third kappa shape index (κ3) is 14.7. The van der Waals surface area contributed by atoms with E-state index in [1.807, 2.05) is 48.5 Å². The number of nitrogens with zero attached hydrogens (tertiary/aromatic N) is 1. The second kappa shape index (κ2) is 21.8. The van der Waals surface area contributed by atoms with Crippen molar-refractivity contribution in [2.75, 3.05) is 88.2 Å². The van der Waals surface area contributed by atoms with Crippen molar-refractivity contribution in [3.8, 4) is 0 Å². The standard InChI is InChI=1S/C28H38N6O3.C4H11NO3/c1-2-12-30-21-4-10-24(11-5-21)33-27-20-26(25(29)19-28(27)37)32-23-8-6-22(7-9-23)31-13-3-14-34(15-17-35)16-18-36;6-3-1-5(8)2-4-7/h4-11,19-20,30-31,33,35-36H,2-3,12-18,29H2,1H3;6-8H,1-4H2/p+2. The zero-order valence-corrected chi connectivity index (χ0v) is 26.1. The number of hydroxylamine groups is 2. The van der Waals surface area contributed by atoms with Crippen molar-refractivity contribution in [3.05, 3.63) is 72.1 Å². The number of nitrogens with one attached hydrogen (secondary N) is 5. The fraction of sp³-hybridized carbons (Fsp3) is 0.438. The van der Waals surface area contributed by atoms with Crippen LogP contribution in [0, 0.1) is 0 Å². The Bertz CT molecular complexity index is 1210. The largest absolute Gasteiger partial charge is 0.397 e. The molecular weight excluding hydrogens is 578 g/mol. The molecule has 1 aliphatic carbocycles. The number of aliphatic hydroxyl groups excluding tert-OH is 4. The molecule has 0 bridgehead atoms. The summed E-state index contributed by atoms with van der Waals surface area (Å²) in [6.07, 6.45) is 5.05. The molecule has 0 spiro atoms. The topological polar surface area (TPSA) is 202 Å². The number of hydrogen-bond acceptors (Lipinski definition) is 11. The van der Waals surface area contributed by atoms with Crippen LogP contribution < -0.4 is 31.6 Å². The zero-order chi connectivity index (χ0) is 32.9. The van der Waals surface area contributed by atoms with E-state index < -0.39 is 0 Å². The number of carbonyl (C=O) groups excluding carboxylic acids is 1. The molecule has 248 valence electrons. The van der Waals surface area contributed by atoms with Crippen molar-refractivity contribution >= 4 is 34.2 Å². The first-order valence-electron chi connectivity index (χ1n) is 15.4. The quantitative estimate of drug-likeness (QED) is 0.0516. The fourth-order valence-electron chi connectivity index (χ4n) is 4.31. The lowest BCUT2D eigenvalue weighted by atomic mass is 10.1. The van der Waals surface area contributed by atoms with Gasteiger partial charge in [0.15, 0.2) is 0 Å². The van der Waals surface area contributed by atoms with Gasteiger partial charge >= 0.3 is 0 Å². The van der Waals surface area contributed by atoms with E-state index in [0.717, 1.165) is 55.2 Å². The smallest absolute Gasteiger partial charge is 0.204 e. The molecule has 13 heteroatoms. The summed E-state index contributed by atoms with van der Waals surface area (Å²) in [5.41, 5.74) is 10.9. The summed E-state index contributed by atoms with van der Waals surface area (Å²) in [6, 6.07) is 15.5. The molecule has 12 N–H and O–H groups in total. The second-order valence-corrected chi connectivity index (χ2v) is 10.4. The van der Waals surface area contributed by atoms with Crippen LogP contribution in [-0.4, -0.2) is 109 Å². The van der Waals surface area contributed by atoms with Gasteiger partial charge in [-0.1, -0.05) is 6.92 Å². The summed E-state index contributed by atoms with van der Waals surface area (Å²) in [4.78, 5) is 18.3. The van der Waals surface area contributed by atoms with Crippen LogP contribution in [0.15, 0.2) is 77.1 Å². The van der Waals surface area contributed by atoms with Crippen molar-refractivity contribution in [1.29, 1.82) is 0 Å². The number of aliphatic hydroxyl groups is 4. The van der Waals surface area contributed by atoms with Crippen LogP contribution in [0.3, 0.4) is 0 Å². The molecule has 0 unspecified atom stereocenters. The van der Waals surface area contributed by atoms with Gasteiger partial charge in [-0.25, -0.2) is 10.2 Å². The van der Waals surface area contributed by atoms with Crippen LogP contribution in [0.5, 0.6) is 0 Å². The Morgan fingerprint density at radius 1 is 0.733 bits per heavy atom. The number of carbonyl (C=O) groups is 1. The maximum Gasteiger partial charge on any atom is 0.204 e. The van der Waals surface area contributed by atoms with E-state index in [9.17, 15) is 4.79 Å². The number of quaternary nitrogens is 2. The van der Waals surface area contributed by atoms with Gasteiger partial charge in [0.25, 0.3) is 0 Å². The average Bonchev–Trinajstić information content (AvgIpc) is 3.03. The van der Waals surface area contributed by atoms with Gasteiger partial charge in [0, 0.05) is 42.6 Å². The van der Waals surface area contributed by atoms with E-state index in [1.54, 1.807) is 6.08 Å². The molecule has 0 heterocycles. The summed E-state index contributed by atoms with van der Waals surface area (Å²) < 4.78 is 0. The van der Waals surface area contributed by atoms with Gasteiger partial charge in [0.1, 0.15) is 26.2 Å². The first kappa shape index (κ1) is 37.4. The monoisotopic (exact) mass is 629 g/mol. The summed E-state index contributed by atoms with van der Waals surface area (Å²) >= 11 is 0. The fourth-order valence-corrected chi connectivity index (χ4v) is 4.31. The van der Waals surface area contributed by atoms with Gasteiger partial charge < -0.3 is 47.0 Å². The van der Waals surface area contributed by atoms with E-state index in [4.69, 9.17) is 31.4 Å². The van der Waals surface area contributed by atoms with Gasteiger partial charge in [-0.3, -0.25) is 4.79 Å². The lowest BCUT2D eigenvalue weighted by molar-refractivity contribution is -1.09. The van der Waals surface area contributed by atoms with Crippen LogP contribution in [0.25, 0.3) is 0 Å². The number of allylic oxidation sites excluding steroid dienone is 2. The Hall–Kier alpha value is -3.82. The van der Waals surface area contributed by atoms with Gasteiger partial charge in [-0.05, 0) is 61.0 Å². The van der Waals surface area contributed by atoms with Gasteiger partial charge in [-0.15, -0.1) is 0 Å². The number of nitrogens with two attached hydrogens (primary N) is 1. The molecule has 45 heavy (non-hydrogen) atoms. The van der Waals surface area contributed by atoms with Gasteiger partial charge in [0.05, 0.1) is 55.8 Å². The highest BCUT2D eigenvalue weighted by Crippen LogP contribution is 2.21. The molecule has 0 amide bonds. The minimum absolute atomic E-state index is 0.0498. The molecule has 0 radical (unpaired) electrons. The van der Waals surface area contributed by atoms with Crippen LogP contribution >= 0.6 is 0 Å². The Kier molecular flexibility index (Phi) is 18.1. The van der Waals surface area contributed by atoms with Crippen LogP contribution in [0.2, 0.25) is 0 Å². The molecule has 0 aliphatic heterocycles. The predicted octanol–water partition coefficient (Wildman–Crippen LogP) is -1.08. The maximum atomic E-state index is 12.5. The molecule has 2 aromatic rings. The lowest BCUT2D eigenvalue weighted by Crippen LogP contribution is -3.13. The van der Waals surface area contributed by atoms with E-state index in [1.165, 1.54) is 11.0 Å². The SMILES string of the molecule is CCCNc1ccc(NC2=CC(=Nc3ccc(NCCC[NH+](CCO)CCO)cc3)C(N)=CC2=O)cc1.OCC[NH+](O)CCO. The maximum absolute atomic E-state index is 12.5.